The topological polar surface area (TPSA) is 37.8 Å². The largest absolute Gasteiger partial charge is 0.316 e. The van der Waals surface area contributed by atoms with Gasteiger partial charge in [-0.2, -0.15) is 4.37 Å². The maximum absolute atomic E-state index is 4.11. The number of nitrogens with one attached hydrogen (secondary N) is 1. The van der Waals surface area contributed by atoms with Gasteiger partial charge in [0.15, 0.2) is 4.34 Å². The van der Waals surface area contributed by atoms with Crippen molar-refractivity contribution in [3.63, 3.8) is 0 Å². The van der Waals surface area contributed by atoms with Crippen LogP contribution in [0, 0.1) is 0 Å². The Morgan fingerprint density at radius 3 is 3.07 bits per heavy atom. The number of rotatable bonds is 8. The fourth-order valence-corrected chi connectivity index (χ4v) is 2.47. The molecular weight excluding hydrogens is 214 g/mol. The fourth-order valence-electron chi connectivity index (χ4n) is 1.06. The molecule has 1 rings (SSSR count). The van der Waals surface area contributed by atoms with Crippen LogP contribution in [0.15, 0.2) is 10.7 Å². The van der Waals surface area contributed by atoms with E-state index in [1.54, 1.807) is 18.1 Å². The molecule has 0 atom stereocenters. The van der Waals surface area contributed by atoms with E-state index in [-0.39, 0.29) is 0 Å². The molecule has 1 aromatic rings. The summed E-state index contributed by atoms with van der Waals surface area (Å²) in [5.74, 6) is 1.08. The Morgan fingerprint density at radius 1 is 1.43 bits per heavy atom. The number of nitrogens with zero attached hydrogens (tertiary/aromatic N) is 2. The van der Waals surface area contributed by atoms with Crippen molar-refractivity contribution in [3.05, 3.63) is 6.33 Å². The smallest absolute Gasteiger partial charge is 0.169 e. The zero-order valence-electron chi connectivity index (χ0n) is 8.53. The van der Waals surface area contributed by atoms with Crippen LogP contribution in [-0.2, 0) is 0 Å². The predicted molar refractivity (Wildman–Crippen MR) is 63.0 cm³/mol. The minimum absolute atomic E-state index is 1.06. The number of hydrogen-bond acceptors (Lipinski definition) is 5. The molecule has 0 aliphatic rings. The van der Waals surface area contributed by atoms with Crippen molar-refractivity contribution in [1.29, 1.82) is 0 Å². The molecule has 0 bridgehead atoms. The third-order valence-electron chi connectivity index (χ3n) is 1.80. The molecule has 0 aliphatic heterocycles. The molecule has 80 valence electrons. The summed E-state index contributed by atoms with van der Waals surface area (Å²) in [5, 5.41) is 3.42. The second-order valence-electron chi connectivity index (χ2n) is 3.01. The van der Waals surface area contributed by atoms with Gasteiger partial charge in [-0.15, -0.1) is 0 Å². The highest BCUT2D eigenvalue weighted by Crippen LogP contribution is 2.16. The Kier molecular flexibility index (Phi) is 7.00. The third-order valence-corrected chi connectivity index (χ3v) is 3.60. The van der Waals surface area contributed by atoms with Crippen LogP contribution in [0.4, 0.5) is 0 Å². The fraction of sp³-hybridized carbons (Fsp3) is 0.778. The van der Waals surface area contributed by atoms with Gasteiger partial charge in [0.1, 0.15) is 6.33 Å². The van der Waals surface area contributed by atoms with E-state index in [1.807, 2.05) is 0 Å². The van der Waals surface area contributed by atoms with Gasteiger partial charge in [0.2, 0.25) is 0 Å². The van der Waals surface area contributed by atoms with E-state index in [4.69, 9.17) is 0 Å². The van der Waals surface area contributed by atoms with Crippen LogP contribution in [0.25, 0.3) is 0 Å². The van der Waals surface area contributed by atoms with Crippen LogP contribution in [0.2, 0.25) is 0 Å². The van der Waals surface area contributed by atoms with Crippen LogP contribution in [-0.4, -0.2) is 28.2 Å². The summed E-state index contributed by atoms with van der Waals surface area (Å²) >= 11 is 3.24. The van der Waals surface area contributed by atoms with Gasteiger partial charge in [0.25, 0.3) is 0 Å². The summed E-state index contributed by atoms with van der Waals surface area (Å²) in [7, 11) is 0. The van der Waals surface area contributed by atoms with Crippen molar-refractivity contribution >= 4 is 23.3 Å². The van der Waals surface area contributed by atoms with Crippen LogP contribution in [0.3, 0.4) is 0 Å². The molecule has 0 saturated carbocycles. The second-order valence-corrected chi connectivity index (χ2v) is 5.13. The van der Waals surface area contributed by atoms with E-state index in [2.05, 4.69) is 21.6 Å². The summed E-state index contributed by atoms with van der Waals surface area (Å²) in [6.45, 7) is 4.43. The van der Waals surface area contributed by atoms with E-state index >= 15 is 0 Å². The van der Waals surface area contributed by atoms with Crippen molar-refractivity contribution in [2.75, 3.05) is 18.8 Å². The van der Waals surface area contributed by atoms with E-state index in [1.165, 1.54) is 30.8 Å². The van der Waals surface area contributed by atoms with Gasteiger partial charge in [-0.25, -0.2) is 4.98 Å². The first-order chi connectivity index (χ1) is 6.93. The average Bonchev–Trinajstić information content (AvgIpc) is 2.69. The molecule has 0 unspecified atom stereocenters. The lowest BCUT2D eigenvalue weighted by atomic mass is 10.2. The second kappa shape index (κ2) is 8.20. The molecule has 1 aromatic heterocycles. The van der Waals surface area contributed by atoms with Crippen LogP contribution in [0.5, 0.6) is 0 Å². The zero-order valence-corrected chi connectivity index (χ0v) is 10.2. The van der Waals surface area contributed by atoms with E-state index in [0.29, 0.717) is 0 Å². The standard InChI is InChI=1S/C9H17N3S2/c1-2-3-4-5-10-6-7-13-9-11-8-12-14-9/h8,10H,2-7H2,1H3. The molecule has 0 radical (unpaired) electrons. The molecule has 0 fully saturated rings. The Bertz CT molecular complexity index is 214. The summed E-state index contributed by atoms with van der Waals surface area (Å²) in [4.78, 5) is 4.11. The average molecular weight is 231 g/mol. The maximum atomic E-state index is 4.11. The number of hydrogen-bond donors (Lipinski definition) is 1. The van der Waals surface area contributed by atoms with Gasteiger partial charge in [-0.05, 0) is 24.5 Å². The van der Waals surface area contributed by atoms with E-state index in [9.17, 15) is 0 Å². The Labute approximate surface area is 93.9 Å². The lowest BCUT2D eigenvalue weighted by Gasteiger charge is -2.01. The Hall–Kier alpha value is -0.130. The number of thioether (sulfide) groups is 1. The van der Waals surface area contributed by atoms with Gasteiger partial charge in [-0.1, -0.05) is 31.5 Å². The number of aromatic nitrogens is 2. The van der Waals surface area contributed by atoms with Crippen molar-refractivity contribution in [2.24, 2.45) is 0 Å². The van der Waals surface area contributed by atoms with Crippen LogP contribution >= 0.6 is 23.3 Å². The van der Waals surface area contributed by atoms with Crippen LogP contribution < -0.4 is 5.32 Å². The molecule has 0 aromatic carbocycles. The molecule has 5 heteroatoms. The molecule has 1 heterocycles. The molecule has 14 heavy (non-hydrogen) atoms. The normalized spacial score (nSPS) is 10.6. The van der Waals surface area contributed by atoms with Gasteiger partial charge >= 0.3 is 0 Å². The lowest BCUT2D eigenvalue weighted by molar-refractivity contribution is 0.636. The summed E-state index contributed by atoms with van der Waals surface area (Å²) in [6.07, 6.45) is 5.53. The molecular formula is C9H17N3S2. The van der Waals surface area contributed by atoms with Gasteiger partial charge in [-0.3, -0.25) is 0 Å². The first-order valence-electron chi connectivity index (χ1n) is 5.03. The molecule has 3 nitrogen and oxygen atoms in total. The molecule has 0 saturated heterocycles. The Morgan fingerprint density at radius 2 is 2.36 bits per heavy atom. The molecule has 0 spiro atoms. The highest BCUT2D eigenvalue weighted by Gasteiger charge is 1.96. The molecule has 0 aliphatic carbocycles. The minimum atomic E-state index is 1.06. The quantitative estimate of drug-likeness (QED) is 0.551. The van der Waals surface area contributed by atoms with Crippen molar-refractivity contribution in [3.8, 4) is 0 Å². The SMILES string of the molecule is CCCCCNCCSc1ncns1. The van der Waals surface area contributed by atoms with Crippen LogP contribution in [0.1, 0.15) is 26.2 Å². The van der Waals surface area contributed by atoms with Gasteiger partial charge in [0.05, 0.1) is 0 Å². The van der Waals surface area contributed by atoms with E-state index in [0.717, 1.165) is 23.2 Å². The van der Waals surface area contributed by atoms with E-state index < -0.39 is 0 Å². The maximum Gasteiger partial charge on any atom is 0.169 e. The van der Waals surface area contributed by atoms with Crippen molar-refractivity contribution in [2.45, 2.75) is 30.5 Å². The zero-order chi connectivity index (χ0) is 10.1. The Balaban J connectivity index is 1.85. The predicted octanol–water partition coefficient (Wildman–Crippen LogP) is 2.41. The first kappa shape index (κ1) is 11.9. The third kappa shape index (κ3) is 5.57. The highest BCUT2D eigenvalue weighted by atomic mass is 32.2. The molecule has 0 amide bonds. The minimum Gasteiger partial charge on any atom is -0.316 e. The highest BCUT2D eigenvalue weighted by molar-refractivity contribution is 8.00. The van der Waals surface area contributed by atoms with Crippen molar-refractivity contribution < 1.29 is 0 Å². The lowest BCUT2D eigenvalue weighted by Crippen LogP contribution is -2.18. The van der Waals surface area contributed by atoms with Gasteiger partial charge in [0, 0.05) is 12.3 Å². The molecule has 1 N–H and O–H groups in total. The monoisotopic (exact) mass is 231 g/mol. The number of unbranched alkanes of at least 4 members (excludes halogenated alkanes) is 2. The summed E-state index contributed by atoms with van der Waals surface area (Å²) in [5.41, 5.74) is 0. The van der Waals surface area contributed by atoms with Crippen molar-refractivity contribution in [1.82, 2.24) is 14.7 Å². The first-order valence-corrected chi connectivity index (χ1v) is 6.79. The summed E-state index contributed by atoms with van der Waals surface area (Å²) in [6, 6.07) is 0. The summed E-state index contributed by atoms with van der Waals surface area (Å²) < 4.78 is 5.02. The van der Waals surface area contributed by atoms with Gasteiger partial charge < -0.3 is 5.32 Å².